The van der Waals surface area contributed by atoms with Crippen molar-refractivity contribution in [3.05, 3.63) is 180 Å². The van der Waals surface area contributed by atoms with Gasteiger partial charge in [0, 0.05) is 45.9 Å². The molecule has 0 N–H and O–H groups in total. The number of para-hydroxylation sites is 1. The van der Waals surface area contributed by atoms with Crippen molar-refractivity contribution in [2.24, 2.45) is 0 Å². The van der Waals surface area contributed by atoms with Gasteiger partial charge in [-0.3, -0.25) is 4.57 Å². The molecule has 0 atom stereocenters. The number of fused-ring (bicyclic) bond motifs is 4. The highest BCUT2D eigenvalue weighted by Crippen LogP contribution is 2.48. The van der Waals surface area contributed by atoms with Crippen LogP contribution in [-0.4, -0.2) is 16.2 Å². The summed E-state index contributed by atoms with van der Waals surface area (Å²) in [6.45, 7) is 26.0. The monoisotopic (exact) mass is 816 g/mol. The van der Waals surface area contributed by atoms with Gasteiger partial charge in [-0.1, -0.05) is 143 Å². The predicted octanol–water partition coefficient (Wildman–Crippen LogP) is 15.4. The van der Waals surface area contributed by atoms with Crippen molar-refractivity contribution in [3.63, 3.8) is 0 Å². The second-order valence-corrected chi connectivity index (χ2v) is 20.7. The van der Waals surface area contributed by atoms with Gasteiger partial charge in [0.25, 0.3) is 0 Å². The Hall–Kier alpha value is -6.33. The van der Waals surface area contributed by atoms with Crippen molar-refractivity contribution < 1.29 is 4.74 Å². The normalized spacial score (nSPS) is 13.6. The second kappa shape index (κ2) is 14.9. The summed E-state index contributed by atoms with van der Waals surface area (Å²) >= 11 is 0. The van der Waals surface area contributed by atoms with Crippen LogP contribution in [0.4, 0.5) is 22.7 Å². The molecule has 0 saturated heterocycles. The molecule has 5 nitrogen and oxygen atoms in total. The highest BCUT2D eigenvalue weighted by molar-refractivity contribution is 6.09. The minimum atomic E-state index is -0.204. The lowest BCUT2D eigenvalue weighted by Gasteiger charge is -2.29. The van der Waals surface area contributed by atoms with E-state index < -0.39 is 0 Å². The minimum absolute atomic E-state index is 0.00832. The summed E-state index contributed by atoms with van der Waals surface area (Å²) in [7, 11) is 0. The fourth-order valence-corrected chi connectivity index (χ4v) is 8.87. The number of nitrogens with zero attached hydrogens (tertiary/aromatic N) is 4. The van der Waals surface area contributed by atoms with Gasteiger partial charge in [0.1, 0.15) is 24.0 Å². The summed E-state index contributed by atoms with van der Waals surface area (Å²) < 4.78 is 9.08. The Balaban J connectivity index is 1.09. The largest absolute Gasteiger partial charge is 0.457 e. The van der Waals surface area contributed by atoms with E-state index in [2.05, 4.69) is 236 Å². The molecule has 1 aliphatic rings. The summed E-state index contributed by atoms with van der Waals surface area (Å²) in [4.78, 5) is 9.89. The molecule has 0 spiro atoms. The molecule has 0 bridgehead atoms. The van der Waals surface area contributed by atoms with Crippen LogP contribution in [0.15, 0.2) is 152 Å². The molecule has 0 saturated carbocycles. The van der Waals surface area contributed by atoms with Crippen LogP contribution in [0.3, 0.4) is 0 Å². The van der Waals surface area contributed by atoms with Crippen molar-refractivity contribution in [1.29, 1.82) is 0 Å². The maximum absolute atomic E-state index is 6.80. The standard InChI is InChI=1S/C57H60N4O/c1-54(2,3)39-24-27-50-52(33-39)60(44-31-41(55(4,5)6)30-42(32-44)56(7,8)9)37-59(50)43-20-17-21-45(35-43)62-46-25-26-48-47-22-15-16-23-49(47)61(51(48)36-46)53-34-40(28-29-58-53)57(10,11)38-18-13-12-14-19-38/h12-36H,37H2,1-11H3. The van der Waals surface area contributed by atoms with Crippen LogP contribution in [0.5, 0.6) is 11.5 Å². The Bertz CT molecular complexity index is 2920. The molecule has 0 amide bonds. The molecule has 0 aliphatic carbocycles. The lowest BCUT2D eigenvalue weighted by Crippen LogP contribution is -2.25. The van der Waals surface area contributed by atoms with Crippen LogP contribution in [-0.2, 0) is 21.7 Å². The van der Waals surface area contributed by atoms with E-state index in [1.165, 1.54) is 50.3 Å². The Labute approximate surface area is 368 Å². The zero-order valence-electron chi connectivity index (χ0n) is 38.3. The van der Waals surface area contributed by atoms with Crippen LogP contribution in [0.1, 0.15) is 104 Å². The second-order valence-electron chi connectivity index (χ2n) is 20.7. The minimum Gasteiger partial charge on any atom is -0.457 e. The number of pyridine rings is 1. The molecule has 2 aromatic heterocycles. The van der Waals surface area contributed by atoms with E-state index in [-0.39, 0.29) is 21.7 Å². The third-order valence-electron chi connectivity index (χ3n) is 12.9. The average molecular weight is 817 g/mol. The van der Waals surface area contributed by atoms with Crippen molar-refractivity contribution in [2.75, 3.05) is 16.5 Å². The van der Waals surface area contributed by atoms with Crippen molar-refractivity contribution in [2.45, 2.75) is 97.8 Å². The number of rotatable bonds is 7. The number of aromatic nitrogens is 2. The Morgan fingerprint density at radius 2 is 1.08 bits per heavy atom. The van der Waals surface area contributed by atoms with E-state index in [1.807, 2.05) is 6.20 Å². The number of hydrogen-bond donors (Lipinski definition) is 0. The summed E-state index contributed by atoms with van der Waals surface area (Å²) in [5.74, 6) is 2.43. The predicted molar refractivity (Wildman–Crippen MR) is 262 cm³/mol. The van der Waals surface area contributed by atoms with E-state index in [1.54, 1.807) is 0 Å². The quantitative estimate of drug-likeness (QED) is 0.160. The summed E-state index contributed by atoms with van der Waals surface area (Å²) in [5, 5.41) is 2.34. The average Bonchev–Trinajstić information content (AvgIpc) is 3.79. The van der Waals surface area contributed by atoms with Gasteiger partial charge in [-0.2, -0.15) is 0 Å². The van der Waals surface area contributed by atoms with Gasteiger partial charge in [0.05, 0.1) is 22.4 Å². The van der Waals surface area contributed by atoms with Crippen molar-refractivity contribution in [1.82, 2.24) is 9.55 Å². The fourth-order valence-electron chi connectivity index (χ4n) is 8.87. The molecule has 0 radical (unpaired) electrons. The molecule has 5 heteroatoms. The Morgan fingerprint density at radius 3 is 1.79 bits per heavy atom. The highest BCUT2D eigenvalue weighted by Gasteiger charge is 2.32. The molecular formula is C57H60N4O. The fraction of sp³-hybridized carbons (Fsp3) is 0.281. The van der Waals surface area contributed by atoms with E-state index in [0.29, 0.717) is 6.67 Å². The van der Waals surface area contributed by atoms with Crippen LogP contribution in [0, 0.1) is 0 Å². The van der Waals surface area contributed by atoms with Crippen molar-refractivity contribution in [3.8, 4) is 17.3 Å². The molecule has 9 rings (SSSR count). The van der Waals surface area contributed by atoms with Crippen LogP contribution in [0.2, 0.25) is 0 Å². The molecule has 0 unspecified atom stereocenters. The number of hydrogen-bond acceptors (Lipinski definition) is 4. The number of benzene rings is 6. The summed E-state index contributed by atoms with van der Waals surface area (Å²) in [6.07, 6.45) is 1.94. The van der Waals surface area contributed by atoms with Crippen molar-refractivity contribution >= 4 is 44.6 Å². The van der Waals surface area contributed by atoms with Gasteiger partial charge in [-0.05, 0) is 111 Å². The lowest BCUT2D eigenvalue weighted by molar-refractivity contribution is 0.483. The zero-order valence-corrected chi connectivity index (χ0v) is 38.3. The van der Waals surface area contributed by atoms with Gasteiger partial charge >= 0.3 is 0 Å². The van der Waals surface area contributed by atoms with E-state index >= 15 is 0 Å². The highest BCUT2D eigenvalue weighted by atomic mass is 16.5. The molecule has 314 valence electrons. The van der Waals surface area contributed by atoms with Gasteiger partial charge in [-0.25, -0.2) is 4.98 Å². The molecule has 1 aliphatic heterocycles. The van der Waals surface area contributed by atoms with Crippen LogP contribution < -0.4 is 14.5 Å². The van der Waals surface area contributed by atoms with Gasteiger partial charge in [0.15, 0.2) is 0 Å². The van der Waals surface area contributed by atoms with Crippen LogP contribution in [0.25, 0.3) is 27.6 Å². The molecule has 3 heterocycles. The first kappa shape index (κ1) is 41.0. The van der Waals surface area contributed by atoms with E-state index in [0.717, 1.165) is 39.4 Å². The molecule has 0 fully saturated rings. The summed E-state index contributed by atoms with van der Waals surface area (Å²) in [6, 6.07) is 52.8. The van der Waals surface area contributed by atoms with E-state index in [9.17, 15) is 0 Å². The molecule has 8 aromatic rings. The summed E-state index contributed by atoms with van der Waals surface area (Å²) in [5.41, 5.74) is 13.2. The zero-order chi connectivity index (χ0) is 43.8. The Kier molecular flexibility index (Phi) is 9.89. The SMILES string of the molecule is CC(C)(C)c1cc(N2CN(c3cccc(Oc4ccc5c6ccccc6n(-c6cc(C(C)(C)c7ccccc7)ccn6)c5c4)c3)c3ccc(C(C)(C)C)cc32)cc(C(C)(C)C)c1. The van der Waals surface area contributed by atoms with Crippen LogP contribution >= 0.6 is 0 Å². The maximum atomic E-state index is 6.80. The molecule has 6 aromatic carbocycles. The molecule has 62 heavy (non-hydrogen) atoms. The first-order valence-corrected chi connectivity index (χ1v) is 22.1. The number of anilines is 4. The van der Waals surface area contributed by atoms with E-state index in [4.69, 9.17) is 9.72 Å². The third kappa shape index (κ3) is 7.52. The first-order valence-electron chi connectivity index (χ1n) is 22.1. The Morgan fingerprint density at radius 1 is 0.435 bits per heavy atom. The third-order valence-corrected chi connectivity index (χ3v) is 12.9. The first-order chi connectivity index (χ1) is 29.4. The topological polar surface area (TPSA) is 33.5 Å². The maximum Gasteiger partial charge on any atom is 0.137 e. The van der Waals surface area contributed by atoms with Gasteiger partial charge in [-0.15, -0.1) is 0 Å². The lowest BCUT2D eigenvalue weighted by atomic mass is 9.78. The number of ether oxygens (including phenoxy) is 1. The van der Waals surface area contributed by atoms with Gasteiger partial charge < -0.3 is 14.5 Å². The smallest absolute Gasteiger partial charge is 0.137 e. The van der Waals surface area contributed by atoms with Gasteiger partial charge in [0.2, 0.25) is 0 Å². The molecular weight excluding hydrogens is 757 g/mol.